The zero-order valence-corrected chi connectivity index (χ0v) is 13.0. The molecule has 0 unspecified atom stereocenters. The minimum absolute atomic E-state index is 0.911. The van der Waals surface area contributed by atoms with E-state index in [1.54, 1.807) is 0 Å². The standard InChI is InChI=1S/C18H26N2O/c1-2-10-19-13-16-15-8-4-5-9-17(15)21-18(16)14-20-11-6-3-7-12-20/h4-5,8-9,19H,2-3,6-7,10-14H2,1H3. The lowest BCUT2D eigenvalue weighted by Crippen LogP contribution is -2.29. The summed E-state index contributed by atoms with van der Waals surface area (Å²) in [5.74, 6) is 1.15. The second-order valence-corrected chi connectivity index (χ2v) is 6.01. The molecule has 0 radical (unpaired) electrons. The van der Waals surface area contributed by atoms with Crippen LogP contribution in [0.2, 0.25) is 0 Å². The van der Waals surface area contributed by atoms with Gasteiger partial charge in [0.2, 0.25) is 0 Å². The van der Waals surface area contributed by atoms with Gasteiger partial charge >= 0.3 is 0 Å². The van der Waals surface area contributed by atoms with Crippen molar-refractivity contribution in [2.24, 2.45) is 0 Å². The predicted octanol–water partition coefficient (Wildman–Crippen LogP) is 3.92. The van der Waals surface area contributed by atoms with Gasteiger partial charge in [-0.15, -0.1) is 0 Å². The molecule has 0 saturated carbocycles. The maximum absolute atomic E-state index is 6.15. The van der Waals surface area contributed by atoms with Crippen LogP contribution in [0.1, 0.15) is 43.9 Å². The first-order valence-corrected chi connectivity index (χ1v) is 8.31. The number of likely N-dealkylation sites (tertiary alicyclic amines) is 1. The fourth-order valence-electron chi connectivity index (χ4n) is 3.18. The van der Waals surface area contributed by atoms with E-state index >= 15 is 0 Å². The first kappa shape index (κ1) is 14.6. The number of benzene rings is 1. The van der Waals surface area contributed by atoms with Gasteiger partial charge in [-0.05, 0) is 45.0 Å². The summed E-state index contributed by atoms with van der Waals surface area (Å²) in [4.78, 5) is 2.53. The van der Waals surface area contributed by atoms with Gasteiger partial charge < -0.3 is 9.73 Å². The van der Waals surface area contributed by atoms with Crippen LogP contribution in [0.25, 0.3) is 11.0 Å². The molecular formula is C18H26N2O. The molecule has 1 fully saturated rings. The Labute approximate surface area is 127 Å². The maximum atomic E-state index is 6.15. The number of piperidine rings is 1. The zero-order valence-electron chi connectivity index (χ0n) is 13.0. The van der Waals surface area contributed by atoms with E-state index in [1.165, 1.54) is 43.3 Å². The Kier molecular flexibility index (Phi) is 4.94. The van der Waals surface area contributed by atoms with Crippen LogP contribution in [-0.2, 0) is 13.1 Å². The number of hydrogen-bond acceptors (Lipinski definition) is 3. The fraction of sp³-hybridized carbons (Fsp3) is 0.556. The van der Waals surface area contributed by atoms with Crippen molar-refractivity contribution in [3.05, 3.63) is 35.6 Å². The van der Waals surface area contributed by atoms with E-state index in [-0.39, 0.29) is 0 Å². The molecule has 3 heteroatoms. The van der Waals surface area contributed by atoms with E-state index in [2.05, 4.69) is 41.4 Å². The molecule has 0 spiro atoms. The lowest BCUT2D eigenvalue weighted by atomic mass is 10.1. The number of para-hydroxylation sites is 1. The highest BCUT2D eigenvalue weighted by Gasteiger charge is 2.18. The molecule has 1 aromatic heterocycles. The summed E-state index contributed by atoms with van der Waals surface area (Å²) in [7, 11) is 0. The summed E-state index contributed by atoms with van der Waals surface area (Å²) in [5.41, 5.74) is 2.38. The Morgan fingerprint density at radius 2 is 1.95 bits per heavy atom. The maximum Gasteiger partial charge on any atom is 0.134 e. The smallest absolute Gasteiger partial charge is 0.134 e. The van der Waals surface area contributed by atoms with Crippen molar-refractivity contribution < 1.29 is 4.42 Å². The van der Waals surface area contributed by atoms with Gasteiger partial charge in [0.05, 0.1) is 6.54 Å². The van der Waals surface area contributed by atoms with Crippen LogP contribution in [0, 0.1) is 0 Å². The second-order valence-electron chi connectivity index (χ2n) is 6.01. The predicted molar refractivity (Wildman–Crippen MR) is 87.3 cm³/mol. The van der Waals surface area contributed by atoms with Gasteiger partial charge in [-0.1, -0.05) is 31.5 Å². The third-order valence-electron chi connectivity index (χ3n) is 4.33. The highest BCUT2D eigenvalue weighted by atomic mass is 16.3. The first-order valence-electron chi connectivity index (χ1n) is 8.31. The summed E-state index contributed by atoms with van der Waals surface area (Å²) in [6, 6.07) is 8.42. The van der Waals surface area contributed by atoms with E-state index in [0.717, 1.165) is 37.4 Å². The Bertz CT molecular complexity index is 570. The molecule has 0 atom stereocenters. The van der Waals surface area contributed by atoms with Crippen LogP contribution in [-0.4, -0.2) is 24.5 Å². The van der Waals surface area contributed by atoms with Gasteiger partial charge in [0, 0.05) is 17.5 Å². The molecule has 1 N–H and O–H groups in total. The summed E-state index contributed by atoms with van der Waals surface area (Å²) in [6.45, 7) is 7.54. The van der Waals surface area contributed by atoms with E-state index in [1.807, 2.05) is 0 Å². The number of nitrogens with one attached hydrogen (secondary N) is 1. The van der Waals surface area contributed by atoms with Crippen LogP contribution in [0.5, 0.6) is 0 Å². The average Bonchev–Trinajstić information content (AvgIpc) is 2.86. The van der Waals surface area contributed by atoms with Gasteiger partial charge in [-0.2, -0.15) is 0 Å². The van der Waals surface area contributed by atoms with E-state index in [0.29, 0.717) is 0 Å². The Hall–Kier alpha value is -1.32. The number of fused-ring (bicyclic) bond motifs is 1. The minimum atomic E-state index is 0.911. The largest absolute Gasteiger partial charge is 0.459 e. The molecule has 2 aromatic rings. The molecule has 1 aliphatic heterocycles. The Balaban J connectivity index is 1.82. The van der Waals surface area contributed by atoms with Crippen LogP contribution in [0.4, 0.5) is 0 Å². The topological polar surface area (TPSA) is 28.4 Å². The SMILES string of the molecule is CCCNCc1c(CN2CCCCC2)oc2ccccc12. The molecule has 3 nitrogen and oxygen atoms in total. The third kappa shape index (κ3) is 3.47. The van der Waals surface area contributed by atoms with Gasteiger partial charge in [-0.25, -0.2) is 0 Å². The first-order chi connectivity index (χ1) is 10.4. The van der Waals surface area contributed by atoms with Crippen molar-refractivity contribution in [3.63, 3.8) is 0 Å². The van der Waals surface area contributed by atoms with Crippen molar-refractivity contribution in [1.82, 2.24) is 10.2 Å². The molecule has 2 heterocycles. The fourth-order valence-corrected chi connectivity index (χ4v) is 3.18. The highest BCUT2D eigenvalue weighted by Crippen LogP contribution is 2.27. The number of hydrogen-bond donors (Lipinski definition) is 1. The molecule has 0 aliphatic carbocycles. The van der Waals surface area contributed by atoms with Crippen molar-refractivity contribution >= 4 is 11.0 Å². The normalized spacial score (nSPS) is 16.6. The number of rotatable bonds is 6. The van der Waals surface area contributed by atoms with Crippen LogP contribution in [0.15, 0.2) is 28.7 Å². The molecule has 1 aromatic carbocycles. The van der Waals surface area contributed by atoms with Crippen LogP contribution in [0.3, 0.4) is 0 Å². The van der Waals surface area contributed by atoms with Gasteiger partial charge in [0.15, 0.2) is 0 Å². The number of furan rings is 1. The minimum Gasteiger partial charge on any atom is -0.459 e. The second kappa shape index (κ2) is 7.10. The Morgan fingerprint density at radius 1 is 1.14 bits per heavy atom. The van der Waals surface area contributed by atoms with Gasteiger partial charge in [-0.3, -0.25) is 4.90 Å². The molecule has 1 saturated heterocycles. The lowest BCUT2D eigenvalue weighted by Gasteiger charge is -2.25. The molecule has 0 amide bonds. The van der Waals surface area contributed by atoms with E-state index in [4.69, 9.17) is 4.42 Å². The van der Waals surface area contributed by atoms with E-state index < -0.39 is 0 Å². The summed E-state index contributed by atoms with van der Waals surface area (Å²) >= 11 is 0. The molecule has 114 valence electrons. The molecule has 1 aliphatic rings. The molecule has 0 bridgehead atoms. The van der Waals surface area contributed by atoms with Crippen molar-refractivity contribution in [2.45, 2.75) is 45.7 Å². The monoisotopic (exact) mass is 286 g/mol. The zero-order chi connectivity index (χ0) is 14.5. The van der Waals surface area contributed by atoms with Gasteiger partial charge in [0.1, 0.15) is 11.3 Å². The third-order valence-corrected chi connectivity index (χ3v) is 4.33. The number of nitrogens with zero attached hydrogens (tertiary/aromatic N) is 1. The summed E-state index contributed by atoms with van der Waals surface area (Å²) in [5, 5.41) is 4.80. The quantitative estimate of drug-likeness (QED) is 0.816. The van der Waals surface area contributed by atoms with E-state index in [9.17, 15) is 0 Å². The van der Waals surface area contributed by atoms with Gasteiger partial charge in [0.25, 0.3) is 0 Å². The summed E-state index contributed by atoms with van der Waals surface area (Å²) < 4.78 is 6.15. The molecule has 3 rings (SSSR count). The van der Waals surface area contributed by atoms with Crippen molar-refractivity contribution in [2.75, 3.05) is 19.6 Å². The average molecular weight is 286 g/mol. The lowest BCUT2D eigenvalue weighted by molar-refractivity contribution is 0.206. The van der Waals surface area contributed by atoms with Crippen LogP contribution >= 0.6 is 0 Å². The van der Waals surface area contributed by atoms with Crippen LogP contribution < -0.4 is 5.32 Å². The highest BCUT2D eigenvalue weighted by molar-refractivity contribution is 5.82. The van der Waals surface area contributed by atoms with Crippen molar-refractivity contribution in [1.29, 1.82) is 0 Å². The Morgan fingerprint density at radius 3 is 2.76 bits per heavy atom. The van der Waals surface area contributed by atoms with Crippen molar-refractivity contribution in [3.8, 4) is 0 Å². The molecule has 21 heavy (non-hydrogen) atoms. The molecular weight excluding hydrogens is 260 g/mol. The summed E-state index contributed by atoms with van der Waals surface area (Å²) in [6.07, 6.45) is 5.19.